The summed E-state index contributed by atoms with van der Waals surface area (Å²) in [5.74, 6) is -0.574. The number of aliphatic hydroxyl groups is 1. The lowest BCUT2D eigenvalue weighted by atomic mass is 9.99. The van der Waals surface area contributed by atoms with E-state index in [0.29, 0.717) is 11.1 Å². The number of rotatable bonds is 5. The molecular formula is C19H18FN3O2. The van der Waals surface area contributed by atoms with Gasteiger partial charge >= 0.3 is 0 Å². The number of amides is 1. The Kier molecular flexibility index (Phi) is 4.90. The van der Waals surface area contributed by atoms with Gasteiger partial charge in [-0.1, -0.05) is 18.2 Å². The number of aromatic amines is 1. The number of nitrogens with one attached hydrogen (secondary N) is 2. The Morgan fingerprint density at radius 1 is 1.28 bits per heavy atom. The number of aliphatic hydroxyl groups excluding tert-OH is 1. The topological polar surface area (TPSA) is 78.0 Å². The Hall–Kier alpha value is -2.99. The summed E-state index contributed by atoms with van der Waals surface area (Å²) in [6.07, 6.45) is 3.38. The highest BCUT2D eigenvalue weighted by Crippen LogP contribution is 2.24. The molecule has 1 heterocycles. The Morgan fingerprint density at radius 2 is 2.04 bits per heavy atom. The number of benzene rings is 2. The van der Waals surface area contributed by atoms with Gasteiger partial charge in [-0.25, -0.2) is 4.39 Å². The summed E-state index contributed by atoms with van der Waals surface area (Å²) in [5.41, 5.74) is 3.57. The Bertz CT molecular complexity index is 861. The van der Waals surface area contributed by atoms with Gasteiger partial charge < -0.3 is 10.4 Å². The molecule has 0 aliphatic rings. The molecule has 3 N–H and O–H groups in total. The third-order valence-corrected chi connectivity index (χ3v) is 4.06. The molecule has 128 valence electrons. The highest BCUT2D eigenvalue weighted by Gasteiger charge is 2.14. The first-order chi connectivity index (χ1) is 12.1. The molecule has 5 nitrogen and oxygen atoms in total. The van der Waals surface area contributed by atoms with Gasteiger partial charge in [0.1, 0.15) is 5.82 Å². The number of halogens is 1. The van der Waals surface area contributed by atoms with Crippen LogP contribution in [0.5, 0.6) is 0 Å². The monoisotopic (exact) mass is 339 g/mol. The van der Waals surface area contributed by atoms with Gasteiger partial charge in [-0.15, -0.1) is 0 Å². The van der Waals surface area contributed by atoms with Crippen LogP contribution in [0.25, 0.3) is 11.1 Å². The molecular weight excluding hydrogens is 321 g/mol. The van der Waals surface area contributed by atoms with Crippen LogP contribution in [-0.4, -0.2) is 21.2 Å². The van der Waals surface area contributed by atoms with E-state index in [1.165, 1.54) is 12.1 Å². The quantitative estimate of drug-likeness (QED) is 0.668. The molecule has 3 rings (SSSR count). The number of H-pyrrole nitrogens is 1. The van der Waals surface area contributed by atoms with Crippen molar-refractivity contribution in [1.29, 1.82) is 0 Å². The van der Waals surface area contributed by atoms with Crippen molar-refractivity contribution in [3.8, 4) is 11.1 Å². The van der Waals surface area contributed by atoms with Crippen LogP contribution in [0.3, 0.4) is 0 Å². The minimum Gasteiger partial charge on any atom is -0.392 e. The van der Waals surface area contributed by atoms with Crippen LogP contribution in [0.15, 0.2) is 54.9 Å². The molecule has 25 heavy (non-hydrogen) atoms. The predicted molar refractivity (Wildman–Crippen MR) is 92.2 cm³/mol. The first-order valence-corrected chi connectivity index (χ1v) is 7.87. The Balaban J connectivity index is 1.79. The summed E-state index contributed by atoms with van der Waals surface area (Å²) < 4.78 is 13.0. The summed E-state index contributed by atoms with van der Waals surface area (Å²) >= 11 is 0. The second-order valence-corrected chi connectivity index (χ2v) is 5.76. The number of carbonyl (C=O) groups excluding carboxylic acids is 1. The molecule has 0 unspecified atom stereocenters. The fourth-order valence-electron chi connectivity index (χ4n) is 2.66. The molecule has 1 atom stereocenters. The molecule has 2 aromatic carbocycles. The average molecular weight is 339 g/mol. The minimum atomic E-state index is -0.315. The number of nitrogens with zero attached hydrogens (tertiary/aromatic N) is 1. The van der Waals surface area contributed by atoms with Gasteiger partial charge in [0, 0.05) is 17.3 Å². The van der Waals surface area contributed by atoms with Crippen molar-refractivity contribution in [3.63, 3.8) is 0 Å². The second kappa shape index (κ2) is 7.27. The zero-order chi connectivity index (χ0) is 17.8. The average Bonchev–Trinajstić information content (AvgIpc) is 3.16. The zero-order valence-corrected chi connectivity index (χ0v) is 13.7. The van der Waals surface area contributed by atoms with E-state index in [-0.39, 0.29) is 24.4 Å². The minimum absolute atomic E-state index is 0.185. The summed E-state index contributed by atoms with van der Waals surface area (Å²) in [6, 6.07) is 10.9. The van der Waals surface area contributed by atoms with Crippen LogP contribution in [0, 0.1) is 5.82 Å². The maximum absolute atomic E-state index is 13.0. The van der Waals surface area contributed by atoms with Crippen LogP contribution in [-0.2, 0) is 6.61 Å². The maximum atomic E-state index is 13.0. The van der Waals surface area contributed by atoms with Gasteiger partial charge in [-0.3, -0.25) is 9.89 Å². The van der Waals surface area contributed by atoms with Crippen molar-refractivity contribution in [2.45, 2.75) is 19.6 Å². The normalized spacial score (nSPS) is 12.0. The van der Waals surface area contributed by atoms with Crippen molar-refractivity contribution < 1.29 is 14.3 Å². The molecule has 0 saturated heterocycles. The molecule has 0 bridgehead atoms. The number of hydrogen-bond acceptors (Lipinski definition) is 3. The van der Waals surface area contributed by atoms with E-state index in [2.05, 4.69) is 15.5 Å². The van der Waals surface area contributed by atoms with Crippen LogP contribution in [0.2, 0.25) is 0 Å². The van der Waals surface area contributed by atoms with Crippen molar-refractivity contribution in [3.05, 3.63) is 77.4 Å². The van der Waals surface area contributed by atoms with Gasteiger partial charge in [0.25, 0.3) is 5.91 Å². The summed E-state index contributed by atoms with van der Waals surface area (Å²) in [4.78, 5) is 12.5. The summed E-state index contributed by atoms with van der Waals surface area (Å²) in [6.45, 7) is 1.65. The third kappa shape index (κ3) is 3.75. The van der Waals surface area contributed by atoms with E-state index in [9.17, 15) is 14.3 Å². The zero-order valence-electron chi connectivity index (χ0n) is 13.7. The SMILES string of the molecule is C[C@@H](NC(=O)c1ccc(-c2cn[nH]c2)c(CO)c1)c1ccc(F)cc1. The van der Waals surface area contributed by atoms with Gasteiger partial charge in [0.05, 0.1) is 18.8 Å². The van der Waals surface area contributed by atoms with E-state index in [1.54, 1.807) is 42.7 Å². The predicted octanol–water partition coefficient (Wildman–Crippen LogP) is 3.20. The van der Waals surface area contributed by atoms with Crippen molar-refractivity contribution in [2.24, 2.45) is 0 Å². The molecule has 3 aromatic rings. The van der Waals surface area contributed by atoms with Crippen LogP contribution in [0.1, 0.15) is 34.5 Å². The summed E-state index contributed by atoms with van der Waals surface area (Å²) in [5, 5.41) is 19.1. The van der Waals surface area contributed by atoms with Gasteiger partial charge in [0.2, 0.25) is 0 Å². The first-order valence-electron chi connectivity index (χ1n) is 7.87. The largest absolute Gasteiger partial charge is 0.392 e. The van der Waals surface area contributed by atoms with E-state index >= 15 is 0 Å². The lowest BCUT2D eigenvalue weighted by Crippen LogP contribution is -2.26. The Labute approximate surface area is 144 Å². The van der Waals surface area contributed by atoms with Gasteiger partial charge in [0.15, 0.2) is 0 Å². The maximum Gasteiger partial charge on any atom is 0.251 e. The number of aromatic nitrogens is 2. The number of hydrogen-bond donors (Lipinski definition) is 3. The molecule has 6 heteroatoms. The van der Waals surface area contributed by atoms with E-state index in [4.69, 9.17) is 0 Å². The van der Waals surface area contributed by atoms with Gasteiger partial charge in [-0.2, -0.15) is 5.10 Å². The van der Waals surface area contributed by atoms with E-state index in [1.807, 2.05) is 6.92 Å². The highest BCUT2D eigenvalue weighted by atomic mass is 19.1. The molecule has 1 aromatic heterocycles. The fourth-order valence-corrected chi connectivity index (χ4v) is 2.66. The Morgan fingerprint density at radius 3 is 2.68 bits per heavy atom. The fraction of sp³-hybridized carbons (Fsp3) is 0.158. The van der Waals surface area contributed by atoms with Crippen molar-refractivity contribution in [1.82, 2.24) is 15.5 Å². The molecule has 0 radical (unpaired) electrons. The molecule has 1 amide bonds. The summed E-state index contributed by atoms with van der Waals surface area (Å²) in [7, 11) is 0. The van der Waals surface area contributed by atoms with Crippen molar-refractivity contribution >= 4 is 5.91 Å². The molecule has 0 aliphatic heterocycles. The lowest BCUT2D eigenvalue weighted by Gasteiger charge is -2.15. The lowest BCUT2D eigenvalue weighted by molar-refractivity contribution is 0.0939. The van der Waals surface area contributed by atoms with Gasteiger partial charge in [-0.05, 0) is 47.9 Å². The molecule has 0 spiro atoms. The second-order valence-electron chi connectivity index (χ2n) is 5.76. The highest BCUT2D eigenvalue weighted by molar-refractivity contribution is 5.95. The van der Waals surface area contributed by atoms with E-state index in [0.717, 1.165) is 16.7 Å². The number of carbonyl (C=O) groups is 1. The standard InChI is InChI=1S/C19H18FN3O2/c1-12(13-2-5-17(20)6-3-13)23-19(25)14-4-7-18(15(8-14)11-24)16-9-21-22-10-16/h2-10,12,24H,11H2,1H3,(H,21,22)(H,23,25)/t12-/m1/s1. The van der Waals surface area contributed by atoms with E-state index < -0.39 is 0 Å². The van der Waals surface area contributed by atoms with Crippen LogP contribution in [0.4, 0.5) is 4.39 Å². The molecule has 0 fully saturated rings. The first kappa shape index (κ1) is 16.9. The smallest absolute Gasteiger partial charge is 0.251 e. The molecule has 0 saturated carbocycles. The third-order valence-electron chi connectivity index (χ3n) is 4.06. The van der Waals surface area contributed by atoms with Crippen molar-refractivity contribution in [2.75, 3.05) is 0 Å². The van der Waals surface area contributed by atoms with Crippen LogP contribution >= 0.6 is 0 Å². The van der Waals surface area contributed by atoms with Crippen LogP contribution < -0.4 is 5.32 Å². The molecule has 0 aliphatic carbocycles.